The molecular weight excluding hydrogens is 356 g/mol. The van der Waals surface area contributed by atoms with E-state index in [9.17, 15) is 4.79 Å². The van der Waals surface area contributed by atoms with Crippen molar-refractivity contribution in [3.63, 3.8) is 0 Å². The van der Waals surface area contributed by atoms with E-state index in [-0.39, 0.29) is 5.91 Å². The van der Waals surface area contributed by atoms with Crippen molar-refractivity contribution in [1.82, 2.24) is 9.80 Å². The van der Waals surface area contributed by atoms with E-state index in [1.807, 2.05) is 43.0 Å². The van der Waals surface area contributed by atoms with Gasteiger partial charge >= 0.3 is 0 Å². The molecule has 0 bridgehead atoms. The number of carbonyl (C=O) groups excluding carboxylic acids is 2. The van der Waals surface area contributed by atoms with Crippen LogP contribution < -0.4 is 11.1 Å². The van der Waals surface area contributed by atoms with Gasteiger partial charge in [-0.3, -0.25) is 4.79 Å². The number of para-hydroxylation sites is 1. The molecule has 0 saturated carbocycles. The number of carbonyl (C=O) groups is 2. The number of nitrogens with one attached hydrogen (secondary N) is 1. The first-order chi connectivity index (χ1) is 13.8. The summed E-state index contributed by atoms with van der Waals surface area (Å²) in [6, 6.07) is 7.68. The maximum Gasteiger partial charge on any atom is 0.256 e. The lowest BCUT2D eigenvalue weighted by Crippen LogP contribution is -2.37. The van der Waals surface area contributed by atoms with Gasteiger partial charge in [0, 0.05) is 32.9 Å². The Morgan fingerprint density at radius 2 is 1.82 bits per heavy atom. The summed E-state index contributed by atoms with van der Waals surface area (Å²) < 4.78 is 5.19. The van der Waals surface area contributed by atoms with Gasteiger partial charge in [0.25, 0.3) is 5.91 Å². The molecule has 0 aromatic heterocycles. The van der Waals surface area contributed by atoms with Gasteiger partial charge in [-0.25, -0.2) is 0 Å². The number of amides is 1. The normalized spacial score (nSPS) is 13.4. The lowest BCUT2D eigenvalue weighted by atomic mass is 10.1. The van der Waals surface area contributed by atoms with Gasteiger partial charge in [0.1, 0.15) is 6.79 Å². The van der Waals surface area contributed by atoms with Crippen LogP contribution in [0, 0.1) is 0 Å². The largest absolute Gasteiger partial charge is 0.387 e. The number of piperidine rings is 1. The molecule has 1 saturated heterocycles. The van der Waals surface area contributed by atoms with E-state index < -0.39 is 0 Å². The molecule has 0 radical (unpaired) electrons. The quantitative estimate of drug-likeness (QED) is 0.667. The zero-order valence-electron chi connectivity index (χ0n) is 17.8. The monoisotopic (exact) mass is 394 g/mol. The van der Waals surface area contributed by atoms with Crippen molar-refractivity contribution in [2.45, 2.75) is 25.7 Å². The predicted octanol–water partition coefficient (Wildman–Crippen LogP) is 2.08. The van der Waals surface area contributed by atoms with Crippen LogP contribution in [0.15, 0.2) is 24.3 Å². The highest BCUT2D eigenvalue weighted by molar-refractivity contribution is 5.99. The van der Waals surface area contributed by atoms with Crippen LogP contribution >= 0.6 is 0 Å². The minimum atomic E-state index is 0.0793. The first-order valence-electron chi connectivity index (χ1n) is 9.90. The van der Waals surface area contributed by atoms with E-state index in [4.69, 9.17) is 9.53 Å². The molecule has 0 atom stereocenters. The molecule has 0 aliphatic carbocycles. The molecule has 3 N–H and O–H groups in total. The maximum absolute atomic E-state index is 12.9. The summed E-state index contributed by atoms with van der Waals surface area (Å²) in [5.74, 6) is 0.0793. The van der Waals surface area contributed by atoms with Gasteiger partial charge in [0.05, 0.1) is 12.2 Å². The highest BCUT2D eigenvalue weighted by atomic mass is 16.5. The van der Waals surface area contributed by atoms with E-state index >= 15 is 0 Å². The number of methoxy groups -OCH3 is 1. The van der Waals surface area contributed by atoms with Crippen LogP contribution in [0.5, 0.6) is 0 Å². The summed E-state index contributed by atoms with van der Waals surface area (Å²) in [5.41, 5.74) is 6.11. The molecule has 1 aromatic rings. The van der Waals surface area contributed by atoms with Crippen molar-refractivity contribution in [2.24, 2.45) is 5.73 Å². The molecule has 0 spiro atoms. The van der Waals surface area contributed by atoms with Gasteiger partial charge in [0.2, 0.25) is 0 Å². The van der Waals surface area contributed by atoms with Crippen molar-refractivity contribution >= 4 is 18.4 Å². The Labute approximate surface area is 170 Å². The maximum atomic E-state index is 12.9. The smallest absolute Gasteiger partial charge is 0.256 e. The van der Waals surface area contributed by atoms with Gasteiger partial charge in [-0.2, -0.15) is 0 Å². The minimum absolute atomic E-state index is 0.0793. The van der Waals surface area contributed by atoms with Crippen LogP contribution in [0.25, 0.3) is 0 Å². The number of anilines is 1. The Hall–Kier alpha value is -1.96. The lowest BCUT2D eigenvalue weighted by Gasteiger charge is -2.28. The summed E-state index contributed by atoms with van der Waals surface area (Å²) in [4.78, 5) is 25.4. The van der Waals surface area contributed by atoms with Crippen molar-refractivity contribution in [2.75, 3.05) is 65.9 Å². The van der Waals surface area contributed by atoms with Crippen molar-refractivity contribution < 1.29 is 14.3 Å². The van der Waals surface area contributed by atoms with Crippen LogP contribution in [0.4, 0.5) is 5.69 Å². The molecular formula is C21H38N4O3. The Morgan fingerprint density at radius 3 is 2.43 bits per heavy atom. The SMILES string of the molecule is C=O.CN.CNc1ccccc1C(=O)N(CCCN1CCCCC1)CCOC. The fourth-order valence-corrected chi connectivity index (χ4v) is 3.24. The topological polar surface area (TPSA) is 87.9 Å². The highest BCUT2D eigenvalue weighted by Crippen LogP contribution is 2.17. The van der Waals surface area contributed by atoms with E-state index in [1.165, 1.54) is 39.4 Å². The second kappa shape index (κ2) is 17.2. The standard InChI is InChI=1S/C19H31N3O2.CH5N.CH2O/c1-20-18-10-5-4-9-17(18)19(23)22(15-16-24-2)14-8-13-21-11-6-3-7-12-21;2*1-2/h4-5,9-10,20H,3,6-8,11-16H2,1-2H3;2H2,1H3;1H2. The average molecular weight is 395 g/mol. The number of ether oxygens (including phenoxy) is 1. The number of benzene rings is 1. The van der Waals surface area contributed by atoms with E-state index in [0.717, 1.165) is 30.8 Å². The fraction of sp³-hybridized carbons (Fsp3) is 0.619. The molecule has 7 nitrogen and oxygen atoms in total. The zero-order valence-corrected chi connectivity index (χ0v) is 17.8. The molecule has 28 heavy (non-hydrogen) atoms. The number of nitrogens with two attached hydrogens (primary N) is 1. The number of hydrogen-bond donors (Lipinski definition) is 2. The molecule has 160 valence electrons. The van der Waals surface area contributed by atoms with E-state index in [1.54, 1.807) is 7.11 Å². The molecule has 1 fully saturated rings. The number of rotatable bonds is 9. The number of likely N-dealkylation sites (tertiary alicyclic amines) is 1. The van der Waals surface area contributed by atoms with E-state index in [2.05, 4.69) is 16.0 Å². The molecule has 7 heteroatoms. The van der Waals surface area contributed by atoms with Crippen molar-refractivity contribution in [3.8, 4) is 0 Å². The van der Waals surface area contributed by atoms with Gasteiger partial charge in [-0.05, 0) is 58.1 Å². The number of nitrogens with zero attached hydrogens (tertiary/aromatic N) is 2. The summed E-state index contributed by atoms with van der Waals surface area (Å²) in [6.07, 6.45) is 4.98. The van der Waals surface area contributed by atoms with Crippen LogP contribution in [0.1, 0.15) is 36.0 Å². The lowest BCUT2D eigenvalue weighted by molar-refractivity contribution is -0.0980. The van der Waals surface area contributed by atoms with Crippen LogP contribution in [0.3, 0.4) is 0 Å². The van der Waals surface area contributed by atoms with E-state index in [0.29, 0.717) is 13.2 Å². The van der Waals surface area contributed by atoms with Crippen LogP contribution in [0.2, 0.25) is 0 Å². The molecule has 1 aliphatic heterocycles. The van der Waals surface area contributed by atoms with Gasteiger partial charge in [-0.1, -0.05) is 18.6 Å². The summed E-state index contributed by atoms with van der Waals surface area (Å²) in [5, 5.41) is 3.11. The van der Waals surface area contributed by atoms with Gasteiger partial charge < -0.3 is 30.4 Å². The van der Waals surface area contributed by atoms with Crippen LogP contribution in [-0.2, 0) is 9.53 Å². The molecule has 1 amide bonds. The molecule has 2 rings (SSSR count). The Bertz CT molecular complexity index is 522. The third kappa shape index (κ3) is 9.30. The highest BCUT2D eigenvalue weighted by Gasteiger charge is 2.18. The first-order valence-corrected chi connectivity index (χ1v) is 9.90. The zero-order chi connectivity index (χ0) is 21.2. The predicted molar refractivity (Wildman–Crippen MR) is 116 cm³/mol. The average Bonchev–Trinajstić information content (AvgIpc) is 2.79. The summed E-state index contributed by atoms with van der Waals surface area (Å²) in [6.45, 7) is 7.45. The van der Waals surface area contributed by atoms with Gasteiger partial charge in [0.15, 0.2) is 0 Å². The Kier molecular flexibility index (Phi) is 16.0. The van der Waals surface area contributed by atoms with Crippen molar-refractivity contribution in [1.29, 1.82) is 0 Å². The van der Waals surface area contributed by atoms with Gasteiger partial charge in [-0.15, -0.1) is 0 Å². The molecule has 0 unspecified atom stereocenters. The molecule has 1 heterocycles. The summed E-state index contributed by atoms with van der Waals surface area (Å²) in [7, 11) is 5.03. The first kappa shape index (κ1) is 26.0. The molecule has 1 aliphatic rings. The number of hydrogen-bond acceptors (Lipinski definition) is 6. The Balaban J connectivity index is 0.00000171. The minimum Gasteiger partial charge on any atom is -0.387 e. The molecule has 1 aromatic carbocycles. The van der Waals surface area contributed by atoms with Crippen molar-refractivity contribution in [3.05, 3.63) is 29.8 Å². The third-order valence-corrected chi connectivity index (χ3v) is 4.63. The third-order valence-electron chi connectivity index (χ3n) is 4.63. The second-order valence-electron chi connectivity index (χ2n) is 6.34. The Morgan fingerprint density at radius 1 is 1.18 bits per heavy atom. The fourth-order valence-electron chi connectivity index (χ4n) is 3.24. The second-order valence-corrected chi connectivity index (χ2v) is 6.34. The van der Waals surface area contributed by atoms with Crippen LogP contribution in [-0.4, -0.2) is 83.0 Å². The summed E-state index contributed by atoms with van der Waals surface area (Å²) >= 11 is 0.